The maximum Gasteiger partial charge on any atom is 0.355 e. The Kier molecular flexibility index (Phi) is 4.20. The van der Waals surface area contributed by atoms with Gasteiger partial charge in [-0.05, 0) is 24.3 Å². The Hall–Kier alpha value is -3.28. The normalized spacial score (nSPS) is 14.0. The third kappa shape index (κ3) is 2.58. The lowest BCUT2D eigenvalue weighted by molar-refractivity contribution is -0.139. The second-order valence-electron chi connectivity index (χ2n) is 4.93. The van der Waals surface area contributed by atoms with Gasteiger partial charge in [-0.2, -0.15) is 0 Å². The number of ether oxygens (including phenoxy) is 2. The molecule has 0 atom stereocenters. The zero-order valence-corrected chi connectivity index (χ0v) is 13.2. The van der Waals surface area contributed by atoms with Gasteiger partial charge in [0, 0.05) is 11.6 Å². The van der Waals surface area contributed by atoms with E-state index in [-0.39, 0.29) is 11.3 Å². The lowest BCUT2D eigenvalue weighted by Crippen LogP contribution is -2.27. The number of hydrogen-bond donors (Lipinski definition) is 0. The maximum atomic E-state index is 12.4. The zero-order chi connectivity index (χ0) is 17.1. The smallest absolute Gasteiger partial charge is 0.355 e. The van der Waals surface area contributed by atoms with E-state index in [4.69, 9.17) is 13.9 Å². The molecule has 6 heteroatoms. The van der Waals surface area contributed by atoms with Gasteiger partial charge in [-0.25, -0.2) is 9.59 Å². The van der Waals surface area contributed by atoms with Gasteiger partial charge in [0.2, 0.25) is 0 Å². The van der Waals surface area contributed by atoms with Crippen molar-refractivity contribution in [2.45, 2.75) is 0 Å². The van der Waals surface area contributed by atoms with E-state index in [1.54, 1.807) is 35.6 Å². The molecule has 24 heavy (non-hydrogen) atoms. The van der Waals surface area contributed by atoms with Crippen LogP contribution in [0, 0.1) is 0 Å². The second-order valence-corrected chi connectivity index (χ2v) is 4.93. The number of benzene rings is 1. The van der Waals surface area contributed by atoms with Crippen molar-refractivity contribution < 1.29 is 23.5 Å². The first-order chi connectivity index (χ1) is 11.7. The molecule has 0 aliphatic carbocycles. The molecule has 3 rings (SSSR count). The number of para-hydroxylation sites is 1. The van der Waals surface area contributed by atoms with Gasteiger partial charge in [0.15, 0.2) is 5.58 Å². The van der Waals surface area contributed by atoms with Crippen molar-refractivity contribution in [1.82, 2.24) is 0 Å². The van der Waals surface area contributed by atoms with Crippen molar-refractivity contribution in [3.8, 4) is 0 Å². The molecule has 0 saturated carbocycles. The van der Waals surface area contributed by atoms with E-state index in [9.17, 15) is 9.59 Å². The lowest BCUT2D eigenvalue weighted by Gasteiger charge is -2.23. The molecule has 1 aliphatic heterocycles. The molecule has 0 N–H and O–H groups in total. The van der Waals surface area contributed by atoms with Gasteiger partial charge in [-0.1, -0.05) is 18.2 Å². The average molecular weight is 325 g/mol. The fourth-order valence-corrected chi connectivity index (χ4v) is 2.52. The minimum atomic E-state index is -0.657. The second kappa shape index (κ2) is 6.45. The summed E-state index contributed by atoms with van der Waals surface area (Å²) in [7, 11) is 2.52. The Morgan fingerprint density at radius 3 is 2.58 bits per heavy atom. The summed E-state index contributed by atoms with van der Waals surface area (Å²) in [5, 5.41) is 0.877. The molecule has 2 heterocycles. The third-order valence-corrected chi connectivity index (χ3v) is 3.61. The van der Waals surface area contributed by atoms with Crippen LogP contribution in [0.4, 0.5) is 5.69 Å². The van der Waals surface area contributed by atoms with E-state index in [2.05, 4.69) is 0 Å². The van der Waals surface area contributed by atoms with E-state index in [0.29, 0.717) is 11.3 Å². The van der Waals surface area contributed by atoms with Crippen molar-refractivity contribution in [3.63, 3.8) is 0 Å². The van der Waals surface area contributed by atoms with Gasteiger partial charge in [0.1, 0.15) is 5.70 Å². The number of nitrogens with zero attached hydrogens (tertiary/aromatic N) is 1. The van der Waals surface area contributed by atoms with E-state index in [1.807, 2.05) is 18.2 Å². The number of furan rings is 1. The fraction of sp³-hybridized carbons (Fsp3) is 0.111. The largest absolute Gasteiger partial charge is 0.465 e. The summed E-state index contributed by atoms with van der Waals surface area (Å²) in [6.45, 7) is 0. The number of methoxy groups -OCH3 is 2. The predicted octanol–water partition coefficient (Wildman–Crippen LogP) is 2.92. The summed E-state index contributed by atoms with van der Waals surface area (Å²) in [5.74, 6) is -1.29. The topological polar surface area (TPSA) is 69.0 Å². The number of fused-ring (bicyclic) bond motifs is 1. The standard InChI is InChI=1S/C18H15NO5/c1-22-17(20)13-7-3-4-10-19(15(13)18(21)23-2)14-8-5-6-12-9-11-24-16(12)14/h3-11H,1-2H3. The van der Waals surface area contributed by atoms with Crippen LogP contribution in [0.25, 0.3) is 11.0 Å². The van der Waals surface area contributed by atoms with E-state index in [1.165, 1.54) is 20.3 Å². The highest BCUT2D eigenvalue weighted by atomic mass is 16.5. The molecule has 0 spiro atoms. The number of anilines is 1. The molecule has 1 aromatic carbocycles. The Morgan fingerprint density at radius 1 is 1.04 bits per heavy atom. The van der Waals surface area contributed by atoms with Crippen LogP contribution in [0.3, 0.4) is 0 Å². The number of allylic oxidation sites excluding steroid dienone is 2. The van der Waals surface area contributed by atoms with Crippen LogP contribution in [-0.4, -0.2) is 26.2 Å². The molecule has 0 saturated heterocycles. The van der Waals surface area contributed by atoms with Crippen LogP contribution in [-0.2, 0) is 19.1 Å². The molecule has 0 radical (unpaired) electrons. The number of carbonyl (C=O) groups is 2. The SMILES string of the molecule is COC(=O)C1=C(C(=O)OC)N(c2cccc3ccoc23)C=CC=C1. The van der Waals surface area contributed by atoms with Gasteiger partial charge in [-0.15, -0.1) is 0 Å². The highest BCUT2D eigenvalue weighted by Gasteiger charge is 2.28. The number of carbonyl (C=O) groups excluding carboxylic acids is 2. The van der Waals surface area contributed by atoms with Crippen LogP contribution in [0.1, 0.15) is 0 Å². The third-order valence-electron chi connectivity index (χ3n) is 3.61. The molecule has 2 aromatic rings. The number of esters is 2. The van der Waals surface area contributed by atoms with Crippen LogP contribution in [0.5, 0.6) is 0 Å². The lowest BCUT2D eigenvalue weighted by atomic mass is 10.1. The van der Waals surface area contributed by atoms with E-state index >= 15 is 0 Å². The maximum absolute atomic E-state index is 12.4. The minimum absolute atomic E-state index is 0.0539. The first-order valence-corrected chi connectivity index (χ1v) is 7.18. The molecule has 0 unspecified atom stereocenters. The van der Waals surface area contributed by atoms with E-state index < -0.39 is 11.9 Å². The van der Waals surface area contributed by atoms with E-state index in [0.717, 1.165) is 5.39 Å². The molecular formula is C18H15NO5. The van der Waals surface area contributed by atoms with Crippen molar-refractivity contribution in [2.24, 2.45) is 0 Å². The fourth-order valence-electron chi connectivity index (χ4n) is 2.52. The highest BCUT2D eigenvalue weighted by Crippen LogP contribution is 2.32. The minimum Gasteiger partial charge on any atom is -0.465 e. The Bertz CT molecular complexity index is 888. The quantitative estimate of drug-likeness (QED) is 0.808. The predicted molar refractivity (Wildman–Crippen MR) is 88.0 cm³/mol. The van der Waals surface area contributed by atoms with Gasteiger partial charge in [-0.3, -0.25) is 0 Å². The Labute approximate surface area is 138 Å². The van der Waals surface area contributed by atoms with Gasteiger partial charge in [0.25, 0.3) is 0 Å². The number of rotatable bonds is 3. The summed E-state index contributed by atoms with van der Waals surface area (Å²) < 4.78 is 15.2. The van der Waals surface area contributed by atoms with Crippen molar-refractivity contribution in [3.05, 3.63) is 66.2 Å². The van der Waals surface area contributed by atoms with Crippen molar-refractivity contribution in [2.75, 3.05) is 19.1 Å². The molecule has 1 aliphatic rings. The van der Waals surface area contributed by atoms with Crippen molar-refractivity contribution >= 4 is 28.6 Å². The zero-order valence-electron chi connectivity index (χ0n) is 13.2. The summed E-state index contributed by atoms with van der Waals surface area (Å²) in [4.78, 5) is 26.1. The molecule has 1 aromatic heterocycles. The Balaban J connectivity index is 2.26. The van der Waals surface area contributed by atoms with Crippen LogP contribution < -0.4 is 4.90 Å². The highest BCUT2D eigenvalue weighted by molar-refractivity contribution is 6.07. The summed E-state index contributed by atoms with van der Waals surface area (Å²) >= 11 is 0. The molecule has 122 valence electrons. The molecule has 0 fully saturated rings. The first kappa shape index (κ1) is 15.6. The van der Waals surface area contributed by atoms with Gasteiger partial charge in [0.05, 0.1) is 31.7 Å². The average Bonchev–Trinajstić information content (AvgIpc) is 2.99. The number of hydrogen-bond acceptors (Lipinski definition) is 6. The summed E-state index contributed by atoms with van der Waals surface area (Å²) in [6.07, 6.45) is 8.10. The van der Waals surface area contributed by atoms with Crippen LogP contribution >= 0.6 is 0 Å². The summed E-state index contributed by atoms with van der Waals surface area (Å²) in [5.41, 5.74) is 1.35. The monoisotopic (exact) mass is 325 g/mol. The first-order valence-electron chi connectivity index (χ1n) is 7.18. The van der Waals surface area contributed by atoms with Gasteiger partial charge < -0.3 is 18.8 Å². The molecule has 0 bridgehead atoms. The van der Waals surface area contributed by atoms with Crippen molar-refractivity contribution in [1.29, 1.82) is 0 Å². The van der Waals surface area contributed by atoms with Crippen LogP contribution in [0.2, 0.25) is 0 Å². The molecule has 0 amide bonds. The molecule has 6 nitrogen and oxygen atoms in total. The summed E-state index contributed by atoms with van der Waals surface area (Å²) in [6, 6.07) is 7.34. The Morgan fingerprint density at radius 2 is 1.83 bits per heavy atom. The van der Waals surface area contributed by atoms with Gasteiger partial charge >= 0.3 is 11.9 Å². The molecular weight excluding hydrogens is 310 g/mol. The van der Waals surface area contributed by atoms with Crippen LogP contribution in [0.15, 0.2) is 70.6 Å².